The van der Waals surface area contributed by atoms with Crippen molar-refractivity contribution in [1.29, 1.82) is 0 Å². The standard InChI is InChI=1S/2C14H25NO2.Zn/c2*1-3-5-10-15(11-6-4-2)14(17)12-8-7-9-13(12)16;/h2*12H,3-11H2,1-2H3;. The van der Waals surface area contributed by atoms with Crippen LogP contribution in [0.25, 0.3) is 0 Å². The Bertz CT molecular complexity index is 570. The summed E-state index contributed by atoms with van der Waals surface area (Å²) in [5.74, 6) is -0.128. The second-order valence-corrected chi connectivity index (χ2v) is 9.89. The molecule has 0 spiro atoms. The molecular formula is C28H50N2O4Zn. The summed E-state index contributed by atoms with van der Waals surface area (Å²) in [7, 11) is 0. The summed E-state index contributed by atoms with van der Waals surface area (Å²) in [5, 5.41) is 0. The Morgan fingerprint density at radius 2 is 0.914 bits per heavy atom. The van der Waals surface area contributed by atoms with Crippen molar-refractivity contribution in [2.75, 3.05) is 26.2 Å². The minimum absolute atomic E-state index is 0. The Morgan fingerprint density at radius 3 is 1.11 bits per heavy atom. The minimum Gasteiger partial charge on any atom is -0.342 e. The van der Waals surface area contributed by atoms with Gasteiger partial charge < -0.3 is 9.80 Å². The predicted molar refractivity (Wildman–Crippen MR) is 137 cm³/mol. The molecule has 2 saturated carbocycles. The normalized spacial score (nSPS) is 19.1. The van der Waals surface area contributed by atoms with Crippen molar-refractivity contribution in [2.45, 2.75) is 118 Å². The van der Waals surface area contributed by atoms with Crippen LogP contribution in [0.3, 0.4) is 0 Å². The van der Waals surface area contributed by atoms with Gasteiger partial charge in [0.1, 0.15) is 11.6 Å². The van der Waals surface area contributed by atoms with Crippen LogP contribution in [0.5, 0.6) is 0 Å². The first-order chi connectivity index (χ1) is 16.4. The van der Waals surface area contributed by atoms with E-state index in [2.05, 4.69) is 27.7 Å². The number of Topliss-reactive ketones (excluding diaryl/α,β-unsaturated/α-hetero) is 2. The number of rotatable bonds is 14. The van der Waals surface area contributed by atoms with Gasteiger partial charge >= 0.3 is 0 Å². The summed E-state index contributed by atoms with van der Waals surface area (Å²) < 4.78 is 0. The number of amides is 2. The smallest absolute Gasteiger partial charge is 0.233 e. The number of carbonyl (C=O) groups is 4. The van der Waals surface area contributed by atoms with Crippen molar-refractivity contribution in [3.05, 3.63) is 0 Å². The Balaban J connectivity index is 0.000000642. The molecule has 0 radical (unpaired) electrons. The molecule has 0 aromatic rings. The van der Waals surface area contributed by atoms with E-state index >= 15 is 0 Å². The van der Waals surface area contributed by atoms with Crippen LogP contribution in [-0.2, 0) is 38.7 Å². The molecule has 0 heterocycles. The molecule has 2 atom stereocenters. The Labute approximate surface area is 227 Å². The van der Waals surface area contributed by atoms with E-state index in [-0.39, 0.29) is 54.7 Å². The van der Waals surface area contributed by atoms with Gasteiger partial charge in [-0.25, -0.2) is 0 Å². The van der Waals surface area contributed by atoms with E-state index in [0.717, 1.165) is 103 Å². The van der Waals surface area contributed by atoms with Crippen LogP contribution < -0.4 is 0 Å². The number of nitrogens with zero attached hydrogens (tertiary/aromatic N) is 2. The van der Waals surface area contributed by atoms with Gasteiger partial charge in [-0.05, 0) is 51.4 Å². The van der Waals surface area contributed by atoms with E-state index in [1.807, 2.05) is 9.80 Å². The van der Waals surface area contributed by atoms with Crippen LogP contribution in [0.4, 0.5) is 0 Å². The maximum Gasteiger partial charge on any atom is 0.233 e. The van der Waals surface area contributed by atoms with Crippen molar-refractivity contribution in [1.82, 2.24) is 9.80 Å². The van der Waals surface area contributed by atoms with Gasteiger partial charge in [-0.1, -0.05) is 53.4 Å². The van der Waals surface area contributed by atoms with E-state index in [1.165, 1.54) is 0 Å². The molecular weight excluding hydrogens is 494 g/mol. The van der Waals surface area contributed by atoms with Crippen LogP contribution in [0, 0.1) is 11.8 Å². The maximum atomic E-state index is 12.3. The van der Waals surface area contributed by atoms with Crippen LogP contribution in [0.1, 0.15) is 118 Å². The summed E-state index contributed by atoms with van der Waals surface area (Å²) in [6.07, 6.45) is 13.1. The molecule has 0 saturated heterocycles. The molecule has 2 fully saturated rings. The van der Waals surface area contributed by atoms with Crippen LogP contribution >= 0.6 is 0 Å². The van der Waals surface area contributed by atoms with Crippen molar-refractivity contribution < 1.29 is 38.7 Å². The molecule has 35 heavy (non-hydrogen) atoms. The third-order valence-electron chi connectivity index (χ3n) is 6.96. The maximum absolute atomic E-state index is 12.3. The fourth-order valence-electron chi connectivity index (χ4n) is 4.65. The van der Waals surface area contributed by atoms with E-state index in [4.69, 9.17) is 0 Å². The molecule has 198 valence electrons. The largest absolute Gasteiger partial charge is 0.342 e. The van der Waals surface area contributed by atoms with Gasteiger partial charge in [0.05, 0.1) is 11.8 Å². The third kappa shape index (κ3) is 12.1. The zero-order valence-corrected chi connectivity index (χ0v) is 26.1. The number of unbranched alkanes of at least 4 members (excludes halogenated alkanes) is 4. The molecule has 0 aliphatic heterocycles. The van der Waals surface area contributed by atoms with Gasteiger partial charge in [-0.2, -0.15) is 0 Å². The first kappa shape index (κ1) is 33.9. The zero-order valence-electron chi connectivity index (χ0n) is 23.1. The van der Waals surface area contributed by atoms with Crippen LogP contribution in [-0.4, -0.2) is 59.4 Å². The van der Waals surface area contributed by atoms with Gasteiger partial charge in [-0.3, -0.25) is 19.2 Å². The van der Waals surface area contributed by atoms with Crippen molar-refractivity contribution in [3.8, 4) is 0 Å². The second-order valence-electron chi connectivity index (χ2n) is 9.89. The summed E-state index contributed by atoms with van der Waals surface area (Å²) in [6, 6.07) is 0. The van der Waals surface area contributed by atoms with E-state index in [1.54, 1.807) is 0 Å². The number of hydrogen-bond acceptors (Lipinski definition) is 4. The van der Waals surface area contributed by atoms with Crippen molar-refractivity contribution >= 4 is 23.4 Å². The summed E-state index contributed by atoms with van der Waals surface area (Å²) >= 11 is 0. The molecule has 2 unspecified atom stereocenters. The SMILES string of the molecule is CCCCN(CCCC)C(=O)C1CCCC1=O.CCCCN(CCCC)C(=O)C1CCCC1=O.[Zn]. The molecule has 2 aliphatic carbocycles. The first-order valence-corrected chi connectivity index (χ1v) is 14.0. The summed E-state index contributed by atoms with van der Waals surface area (Å²) in [4.78, 5) is 51.6. The Morgan fingerprint density at radius 1 is 0.629 bits per heavy atom. The molecule has 2 rings (SSSR count). The molecule has 2 aliphatic rings. The van der Waals surface area contributed by atoms with E-state index < -0.39 is 0 Å². The predicted octanol–water partition coefficient (Wildman–Crippen LogP) is 5.57. The van der Waals surface area contributed by atoms with Gasteiger partial charge in [0.25, 0.3) is 0 Å². The molecule has 0 aromatic carbocycles. The molecule has 6 nitrogen and oxygen atoms in total. The molecule has 0 N–H and O–H groups in total. The zero-order chi connectivity index (χ0) is 25.3. The van der Waals surface area contributed by atoms with Crippen molar-refractivity contribution in [3.63, 3.8) is 0 Å². The summed E-state index contributed by atoms with van der Waals surface area (Å²) in [6.45, 7) is 11.8. The Kier molecular flexibility index (Phi) is 19.4. The average molecular weight is 544 g/mol. The van der Waals surface area contributed by atoms with E-state index in [9.17, 15) is 19.2 Å². The number of carbonyl (C=O) groups excluding carboxylic acids is 4. The molecule has 7 heteroatoms. The topological polar surface area (TPSA) is 74.8 Å². The van der Waals surface area contributed by atoms with Gasteiger partial charge in [0, 0.05) is 58.5 Å². The number of ketones is 2. The first-order valence-electron chi connectivity index (χ1n) is 14.0. The molecule has 2 amide bonds. The number of hydrogen-bond donors (Lipinski definition) is 0. The average Bonchev–Trinajstić information content (AvgIpc) is 3.46. The Hall–Kier alpha value is -1.10. The van der Waals surface area contributed by atoms with Crippen LogP contribution in [0.15, 0.2) is 0 Å². The van der Waals surface area contributed by atoms with Gasteiger partial charge in [0.2, 0.25) is 11.8 Å². The van der Waals surface area contributed by atoms with Gasteiger partial charge in [0.15, 0.2) is 0 Å². The van der Waals surface area contributed by atoms with E-state index in [0.29, 0.717) is 12.8 Å². The molecule has 0 aromatic heterocycles. The monoisotopic (exact) mass is 542 g/mol. The minimum atomic E-state index is -0.316. The third-order valence-corrected chi connectivity index (χ3v) is 6.96. The molecule has 0 bridgehead atoms. The van der Waals surface area contributed by atoms with Crippen molar-refractivity contribution in [2.24, 2.45) is 11.8 Å². The van der Waals surface area contributed by atoms with Gasteiger partial charge in [-0.15, -0.1) is 0 Å². The quantitative estimate of drug-likeness (QED) is 0.212. The second kappa shape index (κ2) is 20.0. The van der Waals surface area contributed by atoms with Crippen LogP contribution in [0.2, 0.25) is 0 Å². The fourth-order valence-corrected chi connectivity index (χ4v) is 4.65. The summed E-state index contributed by atoms with van der Waals surface area (Å²) in [5.41, 5.74) is 0. The fraction of sp³-hybridized carbons (Fsp3) is 0.857.